The Labute approximate surface area is 178 Å². The summed E-state index contributed by atoms with van der Waals surface area (Å²) in [5, 5.41) is 24.9. The largest absolute Gasteiger partial charge is 0.490 e. The molecule has 2 fully saturated rings. The van der Waals surface area contributed by atoms with Crippen molar-refractivity contribution in [2.24, 2.45) is 10.7 Å². The van der Waals surface area contributed by atoms with Crippen molar-refractivity contribution >= 4 is 29.3 Å². The number of nitrogens with zero attached hydrogens (tertiary/aromatic N) is 3. The van der Waals surface area contributed by atoms with Crippen molar-refractivity contribution in [2.75, 3.05) is 13.3 Å². The number of nitrogens with one attached hydrogen (secondary N) is 1. The van der Waals surface area contributed by atoms with Crippen molar-refractivity contribution in [1.29, 1.82) is 0 Å². The van der Waals surface area contributed by atoms with E-state index in [9.17, 15) is 28.8 Å². The van der Waals surface area contributed by atoms with Gasteiger partial charge in [0.25, 0.3) is 6.35 Å². The maximum Gasteiger partial charge on any atom is 0.490 e. The van der Waals surface area contributed by atoms with Crippen molar-refractivity contribution in [3.05, 3.63) is 11.5 Å². The van der Waals surface area contributed by atoms with Gasteiger partial charge in [-0.3, -0.25) is 4.52 Å². The van der Waals surface area contributed by atoms with E-state index in [1.165, 1.54) is 9.96 Å². The fourth-order valence-corrected chi connectivity index (χ4v) is 6.23. The Morgan fingerprint density at radius 3 is 2.47 bits per heavy atom. The van der Waals surface area contributed by atoms with Crippen LogP contribution in [0.25, 0.3) is 0 Å². The molecule has 0 aromatic carbocycles. The second-order valence-electron chi connectivity index (χ2n) is 6.71. The first-order chi connectivity index (χ1) is 14.7. The molecular formula is C10H18N5O14P3. The van der Waals surface area contributed by atoms with Crippen molar-refractivity contribution in [3.8, 4) is 0 Å². The van der Waals surface area contributed by atoms with Crippen LogP contribution in [0.3, 0.4) is 0 Å². The highest BCUT2D eigenvalue weighted by Gasteiger charge is 2.54. The number of fused-ring (bicyclic) bond motifs is 2. The second kappa shape index (κ2) is 7.97. The predicted octanol–water partition coefficient (Wildman–Crippen LogP) is -3.29. The lowest BCUT2D eigenvalue weighted by atomic mass is 10.1. The van der Waals surface area contributed by atoms with E-state index in [0.717, 1.165) is 0 Å². The molecule has 2 saturated heterocycles. The Bertz CT molecular complexity index is 1000. The van der Waals surface area contributed by atoms with Gasteiger partial charge < -0.3 is 50.5 Å². The molecule has 0 saturated carbocycles. The lowest BCUT2D eigenvalue weighted by Gasteiger charge is -2.29. The molecule has 4 rings (SSSR count). The molecule has 0 aromatic rings. The minimum Gasteiger partial charge on any atom is -0.387 e. The van der Waals surface area contributed by atoms with Gasteiger partial charge in [-0.1, -0.05) is 0 Å². The van der Waals surface area contributed by atoms with Gasteiger partial charge in [0.15, 0.2) is 17.9 Å². The van der Waals surface area contributed by atoms with Gasteiger partial charge in [-0.2, -0.15) is 13.7 Å². The monoisotopic (exact) mass is 525 g/mol. The van der Waals surface area contributed by atoms with Gasteiger partial charge in [-0.25, -0.2) is 23.5 Å². The summed E-state index contributed by atoms with van der Waals surface area (Å²) in [6.07, 6.45) is -6.45. The third-order valence-corrected chi connectivity index (χ3v) is 8.26. The van der Waals surface area contributed by atoms with Crippen LogP contribution in [0.5, 0.6) is 0 Å². The van der Waals surface area contributed by atoms with Gasteiger partial charge in [0, 0.05) is 0 Å². The number of hydroxylamine groups is 2. The zero-order chi connectivity index (χ0) is 23.6. The normalized spacial score (nSPS) is 35.6. The van der Waals surface area contributed by atoms with E-state index in [-0.39, 0.29) is 12.5 Å². The van der Waals surface area contributed by atoms with Gasteiger partial charge in [-0.05, 0) is 0 Å². The van der Waals surface area contributed by atoms with Crippen LogP contribution in [-0.2, 0) is 36.4 Å². The van der Waals surface area contributed by atoms with Gasteiger partial charge in [0.2, 0.25) is 0 Å². The molecule has 0 amide bonds. The molecule has 7 atom stereocenters. The van der Waals surface area contributed by atoms with Crippen LogP contribution >= 0.6 is 23.5 Å². The molecule has 19 nitrogen and oxygen atoms in total. The summed E-state index contributed by atoms with van der Waals surface area (Å²) >= 11 is 0. The SMILES string of the molecule is NC1=N[C@@H]2ON2C2=C1NCN2[C@@H]1O[C@H](COP(=O)(O)OP(=O)(O)OP(=O)(O)O)[C@@H](O)[C@H]1O. The molecule has 4 aliphatic rings. The molecule has 0 bridgehead atoms. The molecule has 4 heterocycles. The number of ether oxygens (including phenoxy) is 1. The van der Waals surface area contributed by atoms with Crippen LogP contribution in [0.4, 0.5) is 0 Å². The van der Waals surface area contributed by atoms with E-state index in [1.54, 1.807) is 0 Å². The molecule has 0 spiro atoms. The number of hydrogen-bond donors (Lipinski definition) is 8. The standard InChI is InChI=1S/C10H18N5O14P3/c11-7-4-8(15-10(13-7)27-15)14(2-12-4)9-6(17)5(16)3(26-9)1-25-31(21,22)29-32(23,24)28-30(18,19)20/h3,5-6,9-10,12,16-17H,1-2H2,(H2,11,13)(H,21,22)(H,23,24)(H2,18,19,20)/t3-,5-,6-,9-,10+,15?/m1/s1. The van der Waals surface area contributed by atoms with Crippen molar-refractivity contribution < 1.29 is 66.2 Å². The molecule has 22 heteroatoms. The van der Waals surface area contributed by atoms with Crippen LogP contribution in [0, 0.1) is 0 Å². The highest BCUT2D eigenvalue weighted by Crippen LogP contribution is 2.66. The number of aliphatic hydroxyl groups excluding tert-OH is 2. The zero-order valence-electron chi connectivity index (χ0n) is 15.5. The fraction of sp³-hybridized carbons (Fsp3) is 0.700. The lowest BCUT2D eigenvalue weighted by Crippen LogP contribution is -2.45. The zero-order valence-corrected chi connectivity index (χ0v) is 18.2. The smallest absolute Gasteiger partial charge is 0.387 e. The molecule has 9 N–H and O–H groups in total. The van der Waals surface area contributed by atoms with Crippen LogP contribution in [0.15, 0.2) is 16.5 Å². The lowest BCUT2D eigenvalue weighted by molar-refractivity contribution is -0.0903. The van der Waals surface area contributed by atoms with E-state index in [4.69, 9.17) is 30.0 Å². The summed E-state index contributed by atoms with van der Waals surface area (Å²) in [5.41, 5.74) is 6.22. The van der Waals surface area contributed by atoms with Gasteiger partial charge in [0.1, 0.15) is 24.0 Å². The molecule has 182 valence electrons. The Morgan fingerprint density at radius 2 is 1.81 bits per heavy atom. The number of phosphoric acid groups is 3. The highest BCUT2D eigenvalue weighted by atomic mass is 31.3. The average Bonchev–Trinajstić information content (AvgIpc) is 3.14. The Balaban J connectivity index is 1.39. The van der Waals surface area contributed by atoms with Gasteiger partial charge >= 0.3 is 23.5 Å². The number of nitrogens with two attached hydrogens (primary N) is 1. The van der Waals surface area contributed by atoms with Gasteiger partial charge in [-0.15, -0.1) is 0 Å². The van der Waals surface area contributed by atoms with Crippen LogP contribution in [0.2, 0.25) is 0 Å². The summed E-state index contributed by atoms with van der Waals surface area (Å²) < 4.78 is 51.0. The minimum atomic E-state index is -5.70. The number of aliphatic imine (C=N–C) groups is 1. The fourth-order valence-electron chi connectivity index (χ4n) is 3.20. The number of aliphatic hydroxyl groups is 2. The topological polar surface area (TPSA) is 279 Å². The van der Waals surface area contributed by atoms with Crippen molar-refractivity contribution in [1.82, 2.24) is 15.3 Å². The molecular weight excluding hydrogens is 507 g/mol. The molecule has 2 unspecified atom stereocenters. The predicted molar refractivity (Wildman–Crippen MR) is 95.7 cm³/mol. The van der Waals surface area contributed by atoms with E-state index in [0.29, 0.717) is 11.5 Å². The minimum absolute atomic E-state index is 0.0739. The van der Waals surface area contributed by atoms with Crippen LogP contribution in [-0.4, -0.2) is 89.8 Å². The number of rotatable bonds is 8. The Hall–Kier alpha value is -1.14. The Kier molecular flexibility index (Phi) is 5.98. The quantitative estimate of drug-likeness (QED) is 0.114. The summed E-state index contributed by atoms with van der Waals surface area (Å²) in [4.78, 5) is 46.4. The van der Waals surface area contributed by atoms with E-state index in [2.05, 4.69) is 23.5 Å². The first kappa shape index (κ1) is 24.0. The molecule has 32 heavy (non-hydrogen) atoms. The van der Waals surface area contributed by atoms with Gasteiger partial charge in [0.05, 0.1) is 13.3 Å². The van der Waals surface area contributed by atoms with Crippen LogP contribution in [0.1, 0.15) is 0 Å². The molecule has 0 aromatic heterocycles. The summed E-state index contributed by atoms with van der Waals surface area (Å²) in [7, 11) is -16.7. The average molecular weight is 525 g/mol. The maximum atomic E-state index is 11.8. The summed E-state index contributed by atoms with van der Waals surface area (Å²) in [6, 6.07) is 0. The van der Waals surface area contributed by atoms with E-state index >= 15 is 0 Å². The third kappa shape index (κ3) is 4.86. The first-order valence-corrected chi connectivity index (χ1v) is 13.0. The number of phosphoric ester groups is 1. The van der Waals surface area contributed by atoms with Crippen LogP contribution < -0.4 is 11.1 Å². The van der Waals surface area contributed by atoms with E-state index in [1.807, 2.05) is 0 Å². The summed E-state index contributed by atoms with van der Waals surface area (Å²) in [5.74, 6) is 0.533. The Morgan fingerprint density at radius 1 is 1.12 bits per heavy atom. The summed E-state index contributed by atoms with van der Waals surface area (Å²) in [6.45, 7) is -0.859. The second-order valence-corrected chi connectivity index (χ2v) is 11.1. The number of amidine groups is 1. The number of hydrogen-bond acceptors (Lipinski definition) is 15. The third-order valence-electron chi connectivity index (χ3n) is 4.46. The first-order valence-electron chi connectivity index (χ1n) is 8.52. The van der Waals surface area contributed by atoms with E-state index < -0.39 is 61.0 Å². The molecule has 4 aliphatic heterocycles. The van der Waals surface area contributed by atoms with Crippen molar-refractivity contribution in [3.63, 3.8) is 0 Å². The van der Waals surface area contributed by atoms with Crippen molar-refractivity contribution in [2.45, 2.75) is 30.9 Å². The molecule has 0 aliphatic carbocycles. The molecule has 0 radical (unpaired) electrons. The highest BCUT2D eigenvalue weighted by molar-refractivity contribution is 7.66. The maximum absolute atomic E-state index is 11.8.